The van der Waals surface area contributed by atoms with E-state index in [4.69, 9.17) is 5.73 Å². The van der Waals surface area contributed by atoms with Crippen LogP contribution in [0, 0.1) is 5.92 Å². The first-order valence-corrected chi connectivity index (χ1v) is 7.46. The molecule has 0 aliphatic rings. The van der Waals surface area contributed by atoms with Crippen LogP contribution in [-0.4, -0.2) is 9.55 Å². The zero-order chi connectivity index (χ0) is 14.4. The SMILES string of the molecule is CC(C)CC(N)c1cncn1CCCc1ccccc1. The van der Waals surface area contributed by atoms with Gasteiger partial charge in [0.15, 0.2) is 0 Å². The Morgan fingerprint density at radius 2 is 1.95 bits per heavy atom. The summed E-state index contributed by atoms with van der Waals surface area (Å²) in [7, 11) is 0. The molecule has 0 fully saturated rings. The molecule has 3 heteroatoms. The molecular formula is C17H25N3. The Kier molecular flexibility index (Phi) is 5.36. The predicted molar refractivity (Wildman–Crippen MR) is 83.4 cm³/mol. The van der Waals surface area contributed by atoms with Crippen molar-refractivity contribution in [3.8, 4) is 0 Å². The summed E-state index contributed by atoms with van der Waals surface area (Å²) in [6.07, 6.45) is 7.03. The summed E-state index contributed by atoms with van der Waals surface area (Å²) in [5.41, 5.74) is 8.81. The molecule has 0 aliphatic heterocycles. The fraction of sp³-hybridized carbons (Fsp3) is 0.471. The number of aromatic nitrogens is 2. The summed E-state index contributed by atoms with van der Waals surface area (Å²) < 4.78 is 2.20. The van der Waals surface area contributed by atoms with Crippen LogP contribution in [0.3, 0.4) is 0 Å². The molecule has 3 nitrogen and oxygen atoms in total. The Morgan fingerprint density at radius 3 is 2.65 bits per heavy atom. The summed E-state index contributed by atoms with van der Waals surface area (Å²) in [5.74, 6) is 0.609. The summed E-state index contributed by atoms with van der Waals surface area (Å²) in [6, 6.07) is 10.7. The molecule has 0 saturated heterocycles. The molecule has 2 N–H and O–H groups in total. The van der Waals surface area contributed by atoms with Crippen LogP contribution in [0.25, 0.3) is 0 Å². The first-order chi connectivity index (χ1) is 9.66. The predicted octanol–water partition coefficient (Wildman–Crippen LogP) is 3.56. The highest BCUT2D eigenvalue weighted by Gasteiger charge is 2.12. The summed E-state index contributed by atoms with van der Waals surface area (Å²) in [4.78, 5) is 4.26. The Labute approximate surface area is 121 Å². The van der Waals surface area contributed by atoms with E-state index < -0.39 is 0 Å². The number of imidazole rings is 1. The maximum absolute atomic E-state index is 6.26. The van der Waals surface area contributed by atoms with Gasteiger partial charge in [0.1, 0.15) is 0 Å². The molecule has 1 unspecified atom stereocenters. The van der Waals surface area contributed by atoms with E-state index in [0.29, 0.717) is 5.92 Å². The molecule has 1 aromatic carbocycles. The Bertz CT molecular complexity index is 502. The van der Waals surface area contributed by atoms with Crippen molar-refractivity contribution in [2.45, 2.75) is 45.7 Å². The fourth-order valence-electron chi connectivity index (χ4n) is 2.55. The number of hydrogen-bond acceptors (Lipinski definition) is 2. The lowest BCUT2D eigenvalue weighted by atomic mass is 10.0. The normalized spacial score (nSPS) is 12.8. The third-order valence-corrected chi connectivity index (χ3v) is 3.56. The first-order valence-electron chi connectivity index (χ1n) is 7.46. The lowest BCUT2D eigenvalue weighted by Gasteiger charge is -2.16. The second-order valence-electron chi connectivity index (χ2n) is 5.84. The van der Waals surface area contributed by atoms with E-state index in [1.54, 1.807) is 0 Å². The van der Waals surface area contributed by atoms with Gasteiger partial charge >= 0.3 is 0 Å². The van der Waals surface area contributed by atoms with Crippen LogP contribution in [0.15, 0.2) is 42.9 Å². The molecular weight excluding hydrogens is 246 g/mol. The van der Waals surface area contributed by atoms with Gasteiger partial charge in [0.25, 0.3) is 0 Å². The minimum atomic E-state index is 0.0919. The number of hydrogen-bond donors (Lipinski definition) is 1. The smallest absolute Gasteiger partial charge is 0.0948 e. The van der Waals surface area contributed by atoms with E-state index in [1.165, 1.54) is 5.56 Å². The molecule has 0 amide bonds. The van der Waals surface area contributed by atoms with Gasteiger partial charge in [-0.25, -0.2) is 4.98 Å². The van der Waals surface area contributed by atoms with Crippen LogP contribution in [0.5, 0.6) is 0 Å². The largest absolute Gasteiger partial charge is 0.333 e. The topological polar surface area (TPSA) is 43.8 Å². The van der Waals surface area contributed by atoms with E-state index >= 15 is 0 Å². The van der Waals surface area contributed by atoms with Crippen molar-refractivity contribution < 1.29 is 0 Å². The molecule has 2 rings (SSSR count). The molecule has 0 radical (unpaired) electrons. The van der Waals surface area contributed by atoms with Crippen LogP contribution in [0.2, 0.25) is 0 Å². The molecule has 0 aliphatic carbocycles. The van der Waals surface area contributed by atoms with Gasteiger partial charge in [0.2, 0.25) is 0 Å². The van der Waals surface area contributed by atoms with Gasteiger partial charge in [-0.15, -0.1) is 0 Å². The van der Waals surface area contributed by atoms with E-state index in [1.807, 2.05) is 12.5 Å². The van der Waals surface area contributed by atoms with Crippen LogP contribution in [0.4, 0.5) is 0 Å². The number of nitrogens with two attached hydrogens (primary N) is 1. The molecule has 20 heavy (non-hydrogen) atoms. The lowest BCUT2D eigenvalue weighted by molar-refractivity contribution is 0.479. The Balaban J connectivity index is 1.89. The fourth-order valence-corrected chi connectivity index (χ4v) is 2.55. The highest BCUT2D eigenvalue weighted by molar-refractivity contribution is 5.14. The minimum absolute atomic E-state index is 0.0919. The van der Waals surface area contributed by atoms with Gasteiger partial charge in [-0.1, -0.05) is 44.2 Å². The molecule has 1 heterocycles. The van der Waals surface area contributed by atoms with Gasteiger partial charge in [-0.05, 0) is 30.7 Å². The quantitative estimate of drug-likeness (QED) is 0.836. The van der Waals surface area contributed by atoms with Crippen LogP contribution >= 0.6 is 0 Å². The second-order valence-corrected chi connectivity index (χ2v) is 5.84. The summed E-state index contributed by atoms with van der Waals surface area (Å²) in [5, 5.41) is 0. The minimum Gasteiger partial charge on any atom is -0.333 e. The third-order valence-electron chi connectivity index (χ3n) is 3.56. The average Bonchev–Trinajstić information content (AvgIpc) is 2.88. The maximum atomic E-state index is 6.26. The van der Waals surface area contributed by atoms with Gasteiger partial charge in [0.05, 0.1) is 12.0 Å². The molecule has 1 aromatic heterocycles. The van der Waals surface area contributed by atoms with Gasteiger partial charge in [-0.2, -0.15) is 0 Å². The molecule has 2 aromatic rings. The second kappa shape index (κ2) is 7.25. The number of rotatable bonds is 7. The highest BCUT2D eigenvalue weighted by Crippen LogP contribution is 2.18. The zero-order valence-electron chi connectivity index (χ0n) is 12.5. The lowest BCUT2D eigenvalue weighted by Crippen LogP contribution is -2.17. The standard InChI is InChI=1S/C17H25N3/c1-14(2)11-16(18)17-12-19-13-20(17)10-6-9-15-7-4-3-5-8-15/h3-5,7-8,12-14,16H,6,9-11,18H2,1-2H3. The first kappa shape index (κ1) is 14.8. The van der Waals surface area contributed by atoms with Crippen molar-refractivity contribution in [2.24, 2.45) is 11.7 Å². The molecule has 0 saturated carbocycles. The molecule has 108 valence electrons. The third kappa shape index (κ3) is 4.20. The molecule has 0 bridgehead atoms. The van der Waals surface area contributed by atoms with Gasteiger partial charge in [0, 0.05) is 18.8 Å². The Morgan fingerprint density at radius 1 is 1.20 bits per heavy atom. The summed E-state index contributed by atoms with van der Waals surface area (Å²) in [6.45, 7) is 5.39. The number of aryl methyl sites for hydroxylation is 2. The van der Waals surface area contributed by atoms with E-state index in [9.17, 15) is 0 Å². The van der Waals surface area contributed by atoms with Gasteiger partial charge < -0.3 is 10.3 Å². The Hall–Kier alpha value is -1.61. The monoisotopic (exact) mass is 271 g/mol. The van der Waals surface area contributed by atoms with Crippen molar-refractivity contribution >= 4 is 0 Å². The van der Waals surface area contributed by atoms with Crippen LogP contribution < -0.4 is 5.73 Å². The van der Waals surface area contributed by atoms with Crippen molar-refractivity contribution in [3.05, 3.63) is 54.1 Å². The van der Waals surface area contributed by atoms with E-state index in [-0.39, 0.29) is 6.04 Å². The summed E-state index contributed by atoms with van der Waals surface area (Å²) >= 11 is 0. The van der Waals surface area contributed by atoms with Crippen LogP contribution in [0.1, 0.15) is 44.0 Å². The molecule has 0 spiro atoms. The maximum Gasteiger partial charge on any atom is 0.0948 e. The van der Waals surface area contributed by atoms with Crippen LogP contribution in [-0.2, 0) is 13.0 Å². The van der Waals surface area contributed by atoms with E-state index in [2.05, 4.69) is 53.7 Å². The average molecular weight is 271 g/mol. The van der Waals surface area contributed by atoms with Gasteiger partial charge in [-0.3, -0.25) is 0 Å². The number of nitrogens with zero attached hydrogens (tertiary/aromatic N) is 2. The zero-order valence-corrected chi connectivity index (χ0v) is 12.5. The molecule has 1 atom stereocenters. The van der Waals surface area contributed by atoms with E-state index in [0.717, 1.165) is 31.5 Å². The van der Waals surface area contributed by atoms with Crippen molar-refractivity contribution in [2.75, 3.05) is 0 Å². The van der Waals surface area contributed by atoms with Crippen molar-refractivity contribution in [1.29, 1.82) is 0 Å². The highest BCUT2D eigenvalue weighted by atomic mass is 15.1. The van der Waals surface area contributed by atoms with Crippen molar-refractivity contribution in [3.63, 3.8) is 0 Å². The van der Waals surface area contributed by atoms with Crippen molar-refractivity contribution in [1.82, 2.24) is 9.55 Å². The number of benzene rings is 1.